The third-order valence-electron chi connectivity index (χ3n) is 4.03. The van der Waals surface area contributed by atoms with Crippen LogP contribution in [0.5, 0.6) is 0 Å². The Morgan fingerprint density at radius 2 is 2.05 bits per heavy atom. The van der Waals surface area contributed by atoms with Gasteiger partial charge in [-0.05, 0) is 12.1 Å². The number of morpholine rings is 1. The van der Waals surface area contributed by atoms with Crippen molar-refractivity contribution in [2.24, 2.45) is 7.05 Å². The van der Waals surface area contributed by atoms with Crippen molar-refractivity contribution in [3.63, 3.8) is 0 Å². The van der Waals surface area contributed by atoms with Crippen LogP contribution in [0.3, 0.4) is 0 Å². The van der Waals surface area contributed by atoms with E-state index in [4.69, 9.17) is 9.84 Å². The Morgan fingerprint density at radius 1 is 1.32 bits per heavy atom. The smallest absolute Gasteiger partial charge is 0.309 e. The van der Waals surface area contributed by atoms with E-state index >= 15 is 0 Å². The highest BCUT2D eigenvalue weighted by Gasteiger charge is 2.18. The summed E-state index contributed by atoms with van der Waals surface area (Å²) in [7, 11) is 1.81. The molecule has 1 fully saturated rings. The Kier molecular flexibility index (Phi) is 3.85. The van der Waals surface area contributed by atoms with E-state index in [1.807, 2.05) is 23.7 Å². The van der Waals surface area contributed by atoms with Gasteiger partial charge in [0.2, 0.25) is 0 Å². The second-order valence-corrected chi connectivity index (χ2v) is 5.40. The summed E-state index contributed by atoms with van der Waals surface area (Å²) in [6.07, 6.45) is -0.168. The number of aryl methyl sites for hydroxylation is 1. The predicted octanol–water partition coefficient (Wildman–Crippen LogP) is 1.00. The van der Waals surface area contributed by atoms with Crippen molar-refractivity contribution in [3.8, 4) is 0 Å². The molecule has 0 aliphatic carbocycles. The lowest BCUT2D eigenvalue weighted by Gasteiger charge is -2.30. The summed E-state index contributed by atoms with van der Waals surface area (Å²) in [6, 6.07) is 7.04. The van der Waals surface area contributed by atoms with E-state index in [0.29, 0.717) is 24.3 Å². The standard InChI is InChI=1S/C16H18N2O4/c1-17-11(10-15(20)21)9-14(19)12-3-2-4-13(16(12)17)18-5-7-22-8-6-18/h2-4,9H,5-8,10H2,1H3,(H,20,21). The lowest BCUT2D eigenvalue weighted by Crippen LogP contribution is -2.36. The molecule has 6 heteroatoms. The van der Waals surface area contributed by atoms with Gasteiger partial charge in [-0.25, -0.2) is 0 Å². The molecule has 0 saturated carbocycles. The molecule has 0 spiro atoms. The average molecular weight is 302 g/mol. The minimum atomic E-state index is -0.946. The van der Waals surface area contributed by atoms with Crippen molar-refractivity contribution in [3.05, 3.63) is 40.2 Å². The normalized spacial score (nSPS) is 15.2. The van der Waals surface area contributed by atoms with Crippen molar-refractivity contribution in [1.29, 1.82) is 0 Å². The van der Waals surface area contributed by atoms with Crippen LogP contribution in [0.25, 0.3) is 10.9 Å². The second-order valence-electron chi connectivity index (χ2n) is 5.40. The van der Waals surface area contributed by atoms with Crippen LogP contribution in [-0.4, -0.2) is 41.9 Å². The first kappa shape index (κ1) is 14.6. The van der Waals surface area contributed by atoms with Crippen molar-refractivity contribution in [1.82, 2.24) is 4.57 Å². The van der Waals surface area contributed by atoms with Crippen LogP contribution in [0.1, 0.15) is 5.69 Å². The van der Waals surface area contributed by atoms with Crippen molar-refractivity contribution >= 4 is 22.6 Å². The number of aliphatic carboxylic acids is 1. The number of ether oxygens (including phenoxy) is 1. The number of benzene rings is 1. The molecule has 1 aromatic carbocycles. The molecule has 2 heterocycles. The van der Waals surface area contributed by atoms with Crippen LogP contribution in [0.2, 0.25) is 0 Å². The average Bonchev–Trinajstić information content (AvgIpc) is 2.52. The fourth-order valence-corrected chi connectivity index (χ4v) is 2.94. The maximum absolute atomic E-state index is 12.3. The van der Waals surface area contributed by atoms with Gasteiger partial charge in [0, 0.05) is 37.3 Å². The summed E-state index contributed by atoms with van der Waals surface area (Å²) in [6.45, 7) is 2.82. The van der Waals surface area contributed by atoms with Crippen LogP contribution in [0, 0.1) is 0 Å². The quantitative estimate of drug-likeness (QED) is 0.916. The molecule has 6 nitrogen and oxygen atoms in total. The topological polar surface area (TPSA) is 71.8 Å². The molecule has 116 valence electrons. The number of aromatic nitrogens is 1. The summed E-state index contributed by atoms with van der Waals surface area (Å²) in [4.78, 5) is 25.5. The SMILES string of the molecule is Cn1c(CC(=O)O)cc(=O)c2cccc(N3CCOCC3)c21. The molecule has 0 atom stereocenters. The number of fused-ring (bicyclic) bond motifs is 1. The zero-order valence-electron chi connectivity index (χ0n) is 12.4. The van der Waals surface area contributed by atoms with E-state index in [1.165, 1.54) is 6.07 Å². The van der Waals surface area contributed by atoms with Gasteiger partial charge < -0.3 is 19.3 Å². The van der Waals surface area contributed by atoms with E-state index in [0.717, 1.165) is 24.3 Å². The van der Waals surface area contributed by atoms with Gasteiger partial charge in [0.15, 0.2) is 5.43 Å². The van der Waals surface area contributed by atoms with Gasteiger partial charge in [-0.15, -0.1) is 0 Å². The maximum Gasteiger partial charge on any atom is 0.309 e. The number of rotatable bonds is 3. The van der Waals surface area contributed by atoms with E-state index in [1.54, 1.807) is 6.07 Å². The van der Waals surface area contributed by atoms with Gasteiger partial charge in [-0.3, -0.25) is 9.59 Å². The van der Waals surface area contributed by atoms with Gasteiger partial charge in [-0.2, -0.15) is 0 Å². The fraction of sp³-hybridized carbons (Fsp3) is 0.375. The van der Waals surface area contributed by atoms with Gasteiger partial charge >= 0.3 is 5.97 Å². The first-order chi connectivity index (χ1) is 10.6. The first-order valence-electron chi connectivity index (χ1n) is 7.24. The van der Waals surface area contributed by atoms with E-state index in [2.05, 4.69) is 4.90 Å². The Morgan fingerprint density at radius 3 is 2.73 bits per heavy atom. The minimum absolute atomic E-state index is 0.139. The number of carboxylic acid groups (broad SMARTS) is 1. The minimum Gasteiger partial charge on any atom is -0.481 e. The van der Waals surface area contributed by atoms with Crippen molar-refractivity contribution in [2.45, 2.75) is 6.42 Å². The van der Waals surface area contributed by atoms with E-state index < -0.39 is 5.97 Å². The highest BCUT2D eigenvalue weighted by molar-refractivity contribution is 5.92. The molecule has 0 bridgehead atoms. The summed E-state index contributed by atoms with van der Waals surface area (Å²) < 4.78 is 7.19. The molecule has 2 aromatic rings. The molecule has 3 rings (SSSR count). The molecular formula is C16H18N2O4. The van der Waals surface area contributed by atoms with Crippen LogP contribution in [0.4, 0.5) is 5.69 Å². The number of hydrogen-bond acceptors (Lipinski definition) is 4. The Labute approximate surface area is 127 Å². The lowest BCUT2D eigenvalue weighted by atomic mass is 10.1. The summed E-state index contributed by atoms with van der Waals surface area (Å²) in [5.41, 5.74) is 2.10. The summed E-state index contributed by atoms with van der Waals surface area (Å²) in [5.74, 6) is -0.946. The lowest BCUT2D eigenvalue weighted by molar-refractivity contribution is -0.136. The molecule has 1 aliphatic heterocycles. The number of carbonyl (C=O) groups is 1. The summed E-state index contributed by atoms with van der Waals surface area (Å²) in [5, 5.41) is 9.64. The third-order valence-corrected chi connectivity index (χ3v) is 4.03. The third kappa shape index (κ3) is 2.57. The zero-order valence-corrected chi connectivity index (χ0v) is 12.4. The molecule has 0 amide bonds. The van der Waals surface area contributed by atoms with E-state index in [9.17, 15) is 9.59 Å². The van der Waals surface area contributed by atoms with Gasteiger partial charge in [0.05, 0.1) is 30.8 Å². The van der Waals surface area contributed by atoms with Crippen LogP contribution >= 0.6 is 0 Å². The molecule has 1 aromatic heterocycles. The summed E-state index contributed by atoms with van der Waals surface area (Å²) >= 11 is 0. The number of carboxylic acids is 1. The number of para-hydroxylation sites is 1. The monoisotopic (exact) mass is 302 g/mol. The largest absolute Gasteiger partial charge is 0.481 e. The Hall–Kier alpha value is -2.34. The highest BCUT2D eigenvalue weighted by Crippen LogP contribution is 2.26. The van der Waals surface area contributed by atoms with E-state index in [-0.39, 0.29) is 11.8 Å². The van der Waals surface area contributed by atoms with Gasteiger partial charge in [0.25, 0.3) is 0 Å². The zero-order chi connectivity index (χ0) is 15.7. The van der Waals surface area contributed by atoms with Crippen LogP contribution in [0.15, 0.2) is 29.1 Å². The molecule has 1 N–H and O–H groups in total. The molecular weight excluding hydrogens is 284 g/mol. The highest BCUT2D eigenvalue weighted by atomic mass is 16.5. The Balaban J connectivity index is 2.22. The van der Waals surface area contributed by atoms with Crippen LogP contribution < -0.4 is 10.3 Å². The number of hydrogen-bond donors (Lipinski definition) is 1. The second kappa shape index (κ2) is 5.81. The number of pyridine rings is 1. The van der Waals surface area contributed by atoms with Crippen LogP contribution in [-0.2, 0) is 23.0 Å². The fourth-order valence-electron chi connectivity index (χ4n) is 2.94. The maximum atomic E-state index is 12.3. The first-order valence-corrected chi connectivity index (χ1v) is 7.24. The molecule has 0 radical (unpaired) electrons. The van der Waals surface area contributed by atoms with Crippen molar-refractivity contribution in [2.75, 3.05) is 31.2 Å². The van der Waals surface area contributed by atoms with Gasteiger partial charge in [-0.1, -0.05) is 6.07 Å². The number of nitrogens with zero attached hydrogens (tertiary/aromatic N) is 2. The predicted molar refractivity (Wildman–Crippen MR) is 83.6 cm³/mol. The number of anilines is 1. The molecule has 22 heavy (non-hydrogen) atoms. The molecule has 0 unspecified atom stereocenters. The van der Waals surface area contributed by atoms with Crippen molar-refractivity contribution < 1.29 is 14.6 Å². The molecule has 1 aliphatic rings. The van der Waals surface area contributed by atoms with Gasteiger partial charge in [0.1, 0.15) is 0 Å². The molecule has 1 saturated heterocycles. The Bertz CT molecular complexity index is 776.